The number of aliphatic imine (C=N–C) groups is 1. The van der Waals surface area contributed by atoms with Crippen molar-refractivity contribution in [2.24, 2.45) is 4.99 Å². The lowest BCUT2D eigenvalue weighted by Gasteiger charge is -2.16. The molecule has 0 radical (unpaired) electrons. The van der Waals surface area contributed by atoms with Gasteiger partial charge in [-0.25, -0.2) is 4.98 Å². The van der Waals surface area contributed by atoms with E-state index in [1.165, 1.54) is 0 Å². The van der Waals surface area contributed by atoms with Crippen LogP contribution in [-0.2, 0) is 0 Å². The quantitative estimate of drug-likeness (QED) is 0.532. The Morgan fingerprint density at radius 3 is 2.96 bits per heavy atom. The Kier molecular flexibility index (Phi) is 7.61. The number of nitrogens with two attached hydrogens (primary N) is 1. The Labute approximate surface area is 154 Å². The van der Waals surface area contributed by atoms with Gasteiger partial charge in [-0.3, -0.25) is 4.99 Å². The van der Waals surface area contributed by atoms with Gasteiger partial charge in [-0.2, -0.15) is 4.98 Å². The van der Waals surface area contributed by atoms with Gasteiger partial charge in [0.1, 0.15) is 6.61 Å². The first-order valence-electron chi connectivity index (χ1n) is 8.86. The van der Waals surface area contributed by atoms with E-state index in [1.54, 1.807) is 12.4 Å². The molecule has 0 amide bonds. The minimum absolute atomic E-state index is 0.225. The molecule has 1 unspecified atom stereocenters. The third-order valence-electron chi connectivity index (χ3n) is 3.77. The molecule has 1 heterocycles. The van der Waals surface area contributed by atoms with E-state index in [1.807, 2.05) is 30.3 Å². The molecule has 2 aromatic rings. The van der Waals surface area contributed by atoms with Gasteiger partial charge in [0.2, 0.25) is 5.95 Å². The predicted octanol–water partition coefficient (Wildman–Crippen LogP) is 2.00. The van der Waals surface area contributed by atoms with Crippen molar-refractivity contribution in [2.45, 2.75) is 32.7 Å². The van der Waals surface area contributed by atoms with E-state index in [0.717, 1.165) is 23.3 Å². The largest absolute Gasteiger partial charge is 0.486 e. The third-order valence-corrected chi connectivity index (χ3v) is 3.77. The van der Waals surface area contributed by atoms with E-state index in [-0.39, 0.29) is 12.0 Å². The molecule has 2 rings (SSSR count). The van der Waals surface area contributed by atoms with Crippen LogP contribution in [-0.4, -0.2) is 35.4 Å². The zero-order valence-corrected chi connectivity index (χ0v) is 15.5. The zero-order valence-electron chi connectivity index (χ0n) is 15.5. The summed E-state index contributed by atoms with van der Waals surface area (Å²) in [5.74, 6) is 1.44. The van der Waals surface area contributed by atoms with Crippen LogP contribution in [0.15, 0.2) is 35.5 Å². The van der Waals surface area contributed by atoms with Crippen LogP contribution >= 0.6 is 0 Å². The molecule has 1 atom stereocenters. The highest BCUT2D eigenvalue weighted by Crippen LogP contribution is 2.22. The van der Waals surface area contributed by atoms with Gasteiger partial charge in [-0.15, -0.1) is 0 Å². The van der Waals surface area contributed by atoms with Crippen LogP contribution in [0.25, 0.3) is 12.7 Å². The number of nitrogens with one attached hydrogen (secondary N) is 1. The molecule has 0 aliphatic rings. The Bertz CT molecular complexity index is 834. The lowest BCUT2D eigenvalue weighted by Crippen LogP contribution is -2.21. The SMILES string of the molecule is C=c1cccc/c1=C/C=N\CCOc1cnc(N)nc1NC(C)CCC. The molecule has 6 heteroatoms. The molecular formula is C20H27N5O. The number of aromatic nitrogens is 2. The summed E-state index contributed by atoms with van der Waals surface area (Å²) in [5, 5.41) is 5.36. The number of nitrogens with zero attached hydrogens (tertiary/aromatic N) is 3. The normalized spacial score (nSPS) is 13.1. The van der Waals surface area contributed by atoms with Crippen molar-refractivity contribution < 1.29 is 4.74 Å². The van der Waals surface area contributed by atoms with Crippen LogP contribution in [0.2, 0.25) is 0 Å². The van der Waals surface area contributed by atoms with Gasteiger partial charge in [0, 0.05) is 12.3 Å². The Morgan fingerprint density at radius 2 is 2.19 bits per heavy atom. The molecule has 0 aliphatic heterocycles. The number of nitrogen functional groups attached to an aromatic ring is 1. The van der Waals surface area contributed by atoms with Crippen molar-refractivity contribution >= 4 is 30.6 Å². The highest BCUT2D eigenvalue weighted by atomic mass is 16.5. The predicted molar refractivity (Wildman–Crippen MR) is 109 cm³/mol. The Hall–Kier alpha value is -2.89. The second kappa shape index (κ2) is 10.2. The highest BCUT2D eigenvalue weighted by molar-refractivity contribution is 5.90. The van der Waals surface area contributed by atoms with Gasteiger partial charge >= 0.3 is 0 Å². The maximum absolute atomic E-state index is 5.76. The lowest BCUT2D eigenvalue weighted by molar-refractivity contribution is 0.327. The van der Waals surface area contributed by atoms with Crippen molar-refractivity contribution in [2.75, 3.05) is 24.2 Å². The van der Waals surface area contributed by atoms with Crippen LogP contribution in [0, 0.1) is 0 Å². The summed E-state index contributed by atoms with van der Waals surface area (Å²) in [6, 6.07) is 8.20. The average Bonchev–Trinajstić information content (AvgIpc) is 2.61. The summed E-state index contributed by atoms with van der Waals surface area (Å²) in [6.07, 6.45) is 7.44. The molecule has 0 aliphatic carbocycles. The van der Waals surface area contributed by atoms with E-state index in [2.05, 4.69) is 40.7 Å². The molecule has 0 saturated heterocycles. The van der Waals surface area contributed by atoms with Gasteiger partial charge in [0.05, 0.1) is 12.7 Å². The maximum atomic E-state index is 5.76. The second-order valence-corrected chi connectivity index (χ2v) is 6.04. The number of ether oxygens (including phenoxy) is 1. The highest BCUT2D eigenvalue weighted by Gasteiger charge is 2.10. The van der Waals surface area contributed by atoms with Crippen LogP contribution in [0.5, 0.6) is 5.75 Å². The molecule has 1 aromatic heterocycles. The van der Waals surface area contributed by atoms with E-state index in [4.69, 9.17) is 10.5 Å². The van der Waals surface area contributed by atoms with Crippen molar-refractivity contribution in [3.63, 3.8) is 0 Å². The third kappa shape index (κ3) is 6.20. The topological polar surface area (TPSA) is 85.4 Å². The van der Waals surface area contributed by atoms with E-state index >= 15 is 0 Å². The molecular weight excluding hydrogens is 326 g/mol. The summed E-state index contributed by atoms with van der Waals surface area (Å²) >= 11 is 0. The van der Waals surface area contributed by atoms with Crippen molar-refractivity contribution in [3.8, 4) is 5.75 Å². The first-order valence-corrected chi connectivity index (χ1v) is 8.86. The number of anilines is 2. The molecule has 0 saturated carbocycles. The van der Waals surface area contributed by atoms with E-state index < -0.39 is 0 Å². The van der Waals surface area contributed by atoms with Crippen molar-refractivity contribution in [3.05, 3.63) is 40.9 Å². The van der Waals surface area contributed by atoms with Crippen LogP contribution in [0.1, 0.15) is 26.7 Å². The van der Waals surface area contributed by atoms with Crippen molar-refractivity contribution in [1.82, 2.24) is 9.97 Å². The Morgan fingerprint density at radius 1 is 1.38 bits per heavy atom. The molecule has 26 heavy (non-hydrogen) atoms. The second-order valence-electron chi connectivity index (χ2n) is 6.04. The molecule has 1 aromatic carbocycles. The minimum Gasteiger partial charge on any atom is -0.486 e. The average molecular weight is 353 g/mol. The monoisotopic (exact) mass is 353 g/mol. The Balaban J connectivity index is 1.91. The molecule has 138 valence electrons. The summed E-state index contributed by atoms with van der Waals surface area (Å²) in [7, 11) is 0. The number of hydrogen-bond donors (Lipinski definition) is 2. The van der Waals surface area contributed by atoms with Gasteiger partial charge in [0.25, 0.3) is 0 Å². The lowest BCUT2D eigenvalue weighted by atomic mass is 10.2. The fourth-order valence-corrected chi connectivity index (χ4v) is 2.44. The molecule has 0 bridgehead atoms. The van der Waals surface area contributed by atoms with E-state index in [9.17, 15) is 0 Å². The first-order chi connectivity index (χ1) is 12.6. The number of hydrogen-bond acceptors (Lipinski definition) is 6. The maximum Gasteiger partial charge on any atom is 0.222 e. The van der Waals surface area contributed by atoms with Gasteiger partial charge in [-0.05, 0) is 29.9 Å². The van der Waals surface area contributed by atoms with Crippen LogP contribution in [0.4, 0.5) is 11.8 Å². The number of benzene rings is 1. The summed E-state index contributed by atoms with van der Waals surface area (Å²) in [4.78, 5) is 12.6. The van der Waals surface area contributed by atoms with Gasteiger partial charge < -0.3 is 15.8 Å². The van der Waals surface area contributed by atoms with Crippen molar-refractivity contribution in [1.29, 1.82) is 0 Å². The fraction of sp³-hybridized carbons (Fsp3) is 0.350. The molecule has 0 spiro atoms. The first kappa shape index (κ1) is 19.4. The van der Waals surface area contributed by atoms with Gasteiger partial charge in [-0.1, -0.05) is 44.2 Å². The molecule has 3 N–H and O–H groups in total. The standard InChI is InChI=1S/C20H27N5O/c1-4-7-16(3)24-19-18(14-23-20(21)25-19)26-13-12-22-11-10-17-9-6-5-8-15(17)2/h5-6,8-11,14,16H,2,4,7,12-13H2,1,3H3,(H3,21,23,24,25)/b17-10-,22-11-. The van der Waals surface area contributed by atoms with Gasteiger partial charge in [0.15, 0.2) is 11.6 Å². The summed E-state index contributed by atoms with van der Waals surface area (Å²) in [5.41, 5.74) is 5.69. The van der Waals surface area contributed by atoms with Crippen LogP contribution in [0.3, 0.4) is 0 Å². The fourth-order valence-electron chi connectivity index (χ4n) is 2.44. The van der Waals surface area contributed by atoms with Crippen LogP contribution < -0.4 is 26.2 Å². The smallest absolute Gasteiger partial charge is 0.222 e. The van der Waals surface area contributed by atoms with E-state index in [0.29, 0.717) is 24.7 Å². The summed E-state index contributed by atoms with van der Waals surface area (Å²) < 4.78 is 5.76. The molecule has 6 nitrogen and oxygen atoms in total. The summed E-state index contributed by atoms with van der Waals surface area (Å²) in [6.45, 7) is 9.19. The zero-order chi connectivity index (χ0) is 18.8. The molecule has 0 fully saturated rings. The minimum atomic E-state index is 0.225. The number of rotatable bonds is 9.